The predicted molar refractivity (Wildman–Crippen MR) is 106 cm³/mol. The molecule has 0 unspecified atom stereocenters. The number of hydrogen-bond donors (Lipinski definition) is 1. The van der Waals surface area contributed by atoms with Gasteiger partial charge >= 0.3 is 0 Å². The summed E-state index contributed by atoms with van der Waals surface area (Å²) in [5, 5.41) is 0. The van der Waals surface area contributed by atoms with Crippen molar-refractivity contribution < 1.29 is 9.53 Å². The number of aromatic nitrogens is 2. The molecule has 1 aromatic carbocycles. The molecule has 1 aliphatic heterocycles. The maximum Gasteiger partial charge on any atom is 0.228 e. The number of nitrogens with one attached hydrogen (secondary N) is 1. The van der Waals surface area contributed by atoms with E-state index in [0.717, 1.165) is 44.0 Å². The van der Waals surface area contributed by atoms with E-state index in [1.807, 2.05) is 24.1 Å². The van der Waals surface area contributed by atoms with Crippen molar-refractivity contribution in [3.8, 4) is 5.75 Å². The molecule has 2 aromatic rings. The summed E-state index contributed by atoms with van der Waals surface area (Å²) in [6.07, 6.45) is 7.17. The number of benzene rings is 1. The number of carbonyl (C=O) groups excluding carboxylic acids is 1. The first-order valence-corrected chi connectivity index (χ1v) is 9.70. The van der Waals surface area contributed by atoms with Crippen molar-refractivity contribution in [3.63, 3.8) is 0 Å². The summed E-state index contributed by atoms with van der Waals surface area (Å²) in [5.74, 6) is 1.60. The SMILES string of the molecule is COc1ccc(CCN2CCC[C@@H](CN(C)C(=O)Cc3cnc[nH]3)C2)cc1. The van der Waals surface area contributed by atoms with Crippen LogP contribution in [0.15, 0.2) is 36.8 Å². The molecule has 0 spiro atoms. The number of piperidine rings is 1. The molecule has 0 saturated carbocycles. The third kappa shape index (κ3) is 5.82. The van der Waals surface area contributed by atoms with E-state index >= 15 is 0 Å². The number of hydrogen-bond acceptors (Lipinski definition) is 4. The van der Waals surface area contributed by atoms with Gasteiger partial charge in [0.15, 0.2) is 0 Å². The first-order valence-electron chi connectivity index (χ1n) is 9.70. The van der Waals surface area contributed by atoms with Crippen molar-refractivity contribution in [1.82, 2.24) is 19.8 Å². The van der Waals surface area contributed by atoms with Crippen LogP contribution in [0.4, 0.5) is 0 Å². The molecule has 6 heteroatoms. The molecule has 1 saturated heterocycles. The molecule has 0 aliphatic carbocycles. The van der Waals surface area contributed by atoms with Gasteiger partial charge in [-0.25, -0.2) is 4.98 Å². The van der Waals surface area contributed by atoms with Gasteiger partial charge in [-0.1, -0.05) is 12.1 Å². The van der Waals surface area contributed by atoms with Crippen molar-refractivity contribution in [2.45, 2.75) is 25.7 Å². The summed E-state index contributed by atoms with van der Waals surface area (Å²) in [6, 6.07) is 8.33. The highest BCUT2D eigenvalue weighted by Gasteiger charge is 2.22. The van der Waals surface area contributed by atoms with E-state index in [1.54, 1.807) is 19.6 Å². The van der Waals surface area contributed by atoms with Crippen molar-refractivity contribution in [1.29, 1.82) is 0 Å². The number of ether oxygens (including phenoxy) is 1. The zero-order valence-electron chi connectivity index (χ0n) is 16.4. The summed E-state index contributed by atoms with van der Waals surface area (Å²) in [4.78, 5) is 23.8. The minimum absolute atomic E-state index is 0.148. The van der Waals surface area contributed by atoms with Crippen LogP contribution in [-0.4, -0.2) is 66.0 Å². The fourth-order valence-electron chi connectivity index (χ4n) is 3.75. The van der Waals surface area contributed by atoms with E-state index in [0.29, 0.717) is 12.3 Å². The van der Waals surface area contributed by atoms with Gasteiger partial charge in [0.2, 0.25) is 5.91 Å². The van der Waals surface area contributed by atoms with Crippen molar-refractivity contribution in [3.05, 3.63) is 48.0 Å². The molecule has 2 heterocycles. The third-order valence-corrected chi connectivity index (χ3v) is 5.33. The molecule has 1 atom stereocenters. The number of methoxy groups -OCH3 is 1. The van der Waals surface area contributed by atoms with Gasteiger partial charge in [-0.3, -0.25) is 4.79 Å². The highest BCUT2D eigenvalue weighted by atomic mass is 16.5. The van der Waals surface area contributed by atoms with Gasteiger partial charge in [-0.05, 0) is 49.4 Å². The Morgan fingerprint density at radius 2 is 2.19 bits per heavy atom. The first-order chi connectivity index (χ1) is 13.1. The molecule has 3 rings (SSSR count). The quantitative estimate of drug-likeness (QED) is 0.775. The van der Waals surface area contributed by atoms with E-state index in [9.17, 15) is 4.79 Å². The number of aromatic amines is 1. The largest absolute Gasteiger partial charge is 0.497 e. The van der Waals surface area contributed by atoms with Crippen LogP contribution >= 0.6 is 0 Å². The molecule has 146 valence electrons. The second kappa shape index (κ2) is 9.55. The lowest BCUT2D eigenvalue weighted by atomic mass is 9.97. The highest BCUT2D eigenvalue weighted by Crippen LogP contribution is 2.19. The lowest BCUT2D eigenvalue weighted by Crippen LogP contribution is -2.42. The van der Waals surface area contributed by atoms with Crippen molar-refractivity contribution in [2.24, 2.45) is 5.92 Å². The lowest BCUT2D eigenvalue weighted by Gasteiger charge is -2.34. The van der Waals surface area contributed by atoms with Gasteiger partial charge in [0.25, 0.3) is 0 Å². The summed E-state index contributed by atoms with van der Waals surface area (Å²) >= 11 is 0. The van der Waals surface area contributed by atoms with E-state index in [2.05, 4.69) is 27.0 Å². The second-order valence-electron chi connectivity index (χ2n) is 7.43. The van der Waals surface area contributed by atoms with E-state index in [1.165, 1.54) is 18.4 Å². The van der Waals surface area contributed by atoms with Crippen LogP contribution in [0, 0.1) is 5.92 Å². The molecular formula is C21H30N4O2. The normalized spacial score (nSPS) is 17.6. The molecule has 1 amide bonds. The summed E-state index contributed by atoms with van der Waals surface area (Å²) < 4.78 is 5.22. The Bertz CT molecular complexity index is 699. The van der Waals surface area contributed by atoms with E-state index < -0.39 is 0 Å². The Labute approximate surface area is 161 Å². The number of nitrogens with zero attached hydrogens (tertiary/aromatic N) is 3. The van der Waals surface area contributed by atoms with Crippen LogP contribution < -0.4 is 4.74 Å². The molecule has 0 bridgehead atoms. The fourth-order valence-corrected chi connectivity index (χ4v) is 3.75. The number of H-pyrrole nitrogens is 1. The number of likely N-dealkylation sites (tertiary alicyclic amines) is 1. The predicted octanol–water partition coefficient (Wildman–Crippen LogP) is 2.37. The van der Waals surface area contributed by atoms with Crippen LogP contribution in [0.1, 0.15) is 24.1 Å². The first kappa shape index (κ1) is 19.4. The molecule has 1 aliphatic rings. The minimum Gasteiger partial charge on any atom is -0.497 e. The van der Waals surface area contributed by atoms with Crippen LogP contribution in [0.5, 0.6) is 5.75 Å². The number of carbonyl (C=O) groups is 1. The average molecular weight is 370 g/mol. The zero-order chi connectivity index (χ0) is 19.1. The number of amides is 1. The zero-order valence-corrected chi connectivity index (χ0v) is 16.4. The van der Waals surface area contributed by atoms with E-state index in [-0.39, 0.29) is 5.91 Å². The Morgan fingerprint density at radius 1 is 1.37 bits per heavy atom. The van der Waals surface area contributed by atoms with E-state index in [4.69, 9.17) is 4.74 Å². The van der Waals surface area contributed by atoms with Crippen LogP contribution in [0.2, 0.25) is 0 Å². The van der Waals surface area contributed by atoms with Crippen LogP contribution in [0.25, 0.3) is 0 Å². The van der Waals surface area contributed by atoms with Gasteiger partial charge in [-0.15, -0.1) is 0 Å². The maximum atomic E-state index is 12.4. The van der Waals surface area contributed by atoms with Crippen LogP contribution in [-0.2, 0) is 17.6 Å². The Balaban J connectivity index is 1.43. The highest BCUT2D eigenvalue weighted by molar-refractivity contribution is 5.77. The number of rotatable bonds is 8. The number of likely N-dealkylation sites (N-methyl/N-ethyl adjacent to an activating group) is 1. The molecule has 1 N–H and O–H groups in total. The maximum absolute atomic E-state index is 12.4. The standard InChI is InChI=1S/C21H30N4O2/c1-24(21(26)12-19-13-22-16-23-19)14-18-4-3-10-25(15-18)11-9-17-5-7-20(27-2)8-6-17/h5-8,13,16,18H,3-4,9-12,14-15H2,1-2H3,(H,22,23)/t18-/m0/s1. The molecular weight excluding hydrogens is 340 g/mol. The second-order valence-corrected chi connectivity index (χ2v) is 7.43. The van der Waals surface area contributed by atoms with Gasteiger partial charge in [0.1, 0.15) is 5.75 Å². The molecule has 6 nitrogen and oxygen atoms in total. The average Bonchev–Trinajstić information content (AvgIpc) is 3.20. The van der Waals surface area contributed by atoms with Gasteiger partial charge in [0.05, 0.1) is 19.9 Å². The van der Waals surface area contributed by atoms with Gasteiger partial charge in [-0.2, -0.15) is 0 Å². The van der Waals surface area contributed by atoms with Gasteiger partial charge < -0.3 is 19.5 Å². The lowest BCUT2D eigenvalue weighted by molar-refractivity contribution is -0.130. The monoisotopic (exact) mass is 370 g/mol. The summed E-state index contributed by atoms with van der Waals surface area (Å²) in [5.41, 5.74) is 2.21. The molecule has 1 aromatic heterocycles. The Morgan fingerprint density at radius 3 is 2.89 bits per heavy atom. The van der Waals surface area contributed by atoms with Crippen molar-refractivity contribution in [2.75, 3.05) is 40.3 Å². The van der Waals surface area contributed by atoms with Crippen LogP contribution in [0.3, 0.4) is 0 Å². The smallest absolute Gasteiger partial charge is 0.228 e. The molecule has 1 fully saturated rings. The topological polar surface area (TPSA) is 61.5 Å². The number of imidazole rings is 1. The third-order valence-electron chi connectivity index (χ3n) is 5.33. The van der Waals surface area contributed by atoms with Crippen molar-refractivity contribution >= 4 is 5.91 Å². The Hall–Kier alpha value is -2.34. The molecule has 27 heavy (non-hydrogen) atoms. The fraction of sp³-hybridized carbons (Fsp3) is 0.524. The summed E-state index contributed by atoms with van der Waals surface area (Å²) in [7, 11) is 3.61. The molecule has 0 radical (unpaired) electrons. The Kier molecular flexibility index (Phi) is 6.87. The summed E-state index contributed by atoms with van der Waals surface area (Å²) in [6.45, 7) is 4.11. The van der Waals surface area contributed by atoms with Gasteiger partial charge in [0, 0.05) is 38.6 Å². The minimum atomic E-state index is 0.148.